The Morgan fingerprint density at radius 3 is 2.53 bits per heavy atom. The number of carbonyl (C=O) groups is 3. The molecule has 3 amide bonds. The number of hydrogen-bond acceptors (Lipinski definition) is 7. The van der Waals surface area contributed by atoms with Crippen molar-refractivity contribution in [3.05, 3.63) is 65.2 Å². The van der Waals surface area contributed by atoms with E-state index >= 15 is 0 Å². The second kappa shape index (κ2) is 8.94. The molecule has 3 aliphatic rings. The number of rotatable bonds is 4. The van der Waals surface area contributed by atoms with Crippen LogP contribution < -0.4 is 10.2 Å². The number of benzene rings is 2. The predicted molar refractivity (Wildman–Crippen MR) is 129 cm³/mol. The van der Waals surface area contributed by atoms with Gasteiger partial charge in [-0.2, -0.15) is 0 Å². The van der Waals surface area contributed by atoms with Crippen LogP contribution >= 0.6 is 0 Å². The maximum absolute atomic E-state index is 14.6. The lowest BCUT2D eigenvalue weighted by atomic mass is 10.0. The highest BCUT2D eigenvalue weighted by molar-refractivity contribution is 6.06. The van der Waals surface area contributed by atoms with E-state index in [0.717, 1.165) is 41.8 Å². The van der Waals surface area contributed by atoms with E-state index in [0.29, 0.717) is 24.3 Å². The first-order valence-electron chi connectivity index (χ1n) is 12.1. The molecule has 0 aliphatic carbocycles. The second-order valence-corrected chi connectivity index (χ2v) is 9.49. The number of aromatic nitrogens is 2. The van der Waals surface area contributed by atoms with E-state index in [1.54, 1.807) is 12.4 Å². The van der Waals surface area contributed by atoms with Crippen molar-refractivity contribution in [3.8, 4) is 0 Å². The Balaban J connectivity index is 1.17. The molecule has 4 heterocycles. The summed E-state index contributed by atoms with van der Waals surface area (Å²) < 4.78 is 14.6. The fraction of sp³-hybridized carbons (Fsp3) is 0.346. The first-order valence-corrected chi connectivity index (χ1v) is 12.1. The van der Waals surface area contributed by atoms with Gasteiger partial charge in [0.15, 0.2) is 0 Å². The van der Waals surface area contributed by atoms with Gasteiger partial charge in [-0.05, 0) is 36.2 Å². The van der Waals surface area contributed by atoms with Crippen LogP contribution in [0.5, 0.6) is 0 Å². The van der Waals surface area contributed by atoms with Crippen molar-refractivity contribution in [2.24, 2.45) is 0 Å². The van der Waals surface area contributed by atoms with Crippen LogP contribution in [-0.2, 0) is 22.7 Å². The average molecular weight is 489 g/mol. The van der Waals surface area contributed by atoms with Gasteiger partial charge < -0.3 is 9.80 Å². The van der Waals surface area contributed by atoms with Crippen LogP contribution in [-0.4, -0.2) is 69.7 Å². The lowest BCUT2D eigenvalue weighted by Crippen LogP contribution is -2.52. The van der Waals surface area contributed by atoms with Gasteiger partial charge in [0.2, 0.25) is 11.8 Å². The Morgan fingerprint density at radius 2 is 1.75 bits per heavy atom. The van der Waals surface area contributed by atoms with E-state index in [2.05, 4.69) is 37.2 Å². The van der Waals surface area contributed by atoms with Crippen LogP contribution in [0.3, 0.4) is 0 Å². The van der Waals surface area contributed by atoms with E-state index in [1.807, 2.05) is 6.07 Å². The zero-order valence-electron chi connectivity index (χ0n) is 19.6. The Hall–Kier alpha value is -3.92. The third kappa shape index (κ3) is 4.07. The molecule has 1 N–H and O–H groups in total. The van der Waals surface area contributed by atoms with Gasteiger partial charge in [-0.3, -0.25) is 34.6 Å². The van der Waals surface area contributed by atoms with Crippen LogP contribution in [0.1, 0.15) is 34.3 Å². The molecule has 10 heteroatoms. The molecular weight excluding hydrogens is 463 g/mol. The molecule has 0 bridgehead atoms. The van der Waals surface area contributed by atoms with Gasteiger partial charge in [0.05, 0.1) is 11.0 Å². The fourth-order valence-corrected chi connectivity index (χ4v) is 5.40. The maximum Gasteiger partial charge on any atom is 0.255 e. The summed E-state index contributed by atoms with van der Waals surface area (Å²) in [7, 11) is 0. The number of anilines is 1. The number of carbonyl (C=O) groups excluding carboxylic acids is 3. The van der Waals surface area contributed by atoms with Crippen LogP contribution in [0.25, 0.3) is 11.0 Å². The van der Waals surface area contributed by atoms with Gasteiger partial charge in [0.25, 0.3) is 5.91 Å². The van der Waals surface area contributed by atoms with Gasteiger partial charge in [-0.15, -0.1) is 0 Å². The lowest BCUT2D eigenvalue weighted by Gasteiger charge is -2.37. The highest BCUT2D eigenvalue weighted by Crippen LogP contribution is 2.35. The summed E-state index contributed by atoms with van der Waals surface area (Å²) in [6.45, 7) is 3.97. The number of nitrogens with one attached hydrogen (secondary N) is 1. The molecule has 3 aliphatic heterocycles. The van der Waals surface area contributed by atoms with Crippen molar-refractivity contribution in [2.75, 3.05) is 31.1 Å². The topological polar surface area (TPSA) is 98.7 Å². The summed E-state index contributed by atoms with van der Waals surface area (Å²) in [5.74, 6) is -1.63. The summed E-state index contributed by atoms with van der Waals surface area (Å²) >= 11 is 0. The van der Waals surface area contributed by atoms with Gasteiger partial charge in [0.1, 0.15) is 11.9 Å². The molecule has 2 saturated heterocycles. The fourth-order valence-electron chi connectivity index (χ4n) is 5.40. The quantitative estimate of drug-likeness (QED) is 0.560. The molecule has 184 valence electrons. The molecule has 1 aromatic heterocycles. The Bertz CT molecular complexity index is 1390. The molecule has 1 unspecified atom stereocenters. The lowest BCUT2D eigenvalue weighted by molar-refractivity contribution is -0.136. The number of fused-ring (bicyclic) bond motifs is 2. The largest absolute Gasteiger partial charge is 0.369 e. The third-order valence-electron chi connectivity index (χ3n) is 7.25. The molecule has 2 fully saturated rings. The van der Waals surface area contributed by atoms with Crippen molar-refractivity contribution >= 4 is 34.4 Å². The minimum atomic E-state index is -0.720. The number of amides is 3. The van der Waals surface area contributed by atoms with Gasteiger partial charge >= 0.3 is 0 Å². The van der Waals surface area contributed by atoms with E-state index in [4.69, 9.17) is 0 Å². The number of piperazine rings is 1. The highest BCUT2D eigenvalue weighted by atomic mass is 19.1. The van der Waals surface area contributed by atoms with Crippen molar-refractivity contribution in [1.82, 2.24) is 25.1 Å². The molecule has 0 saturated carbocycles. The zero-order chi connectivity index (χ0) is 24.8. The van der Waals surface area contributed by atoms with E-state index < -0.39 is 17.8 Å². The molecule has 3 aromatic rings. The molecule has 0 spiro atoms. The summed E-state index contributed by atoms with van der Waals surface area (Å²) in [6.07, 6.45) is 3.83. The summed E-state index contributed by atoms with van der Waals surface area (Å²) in [6, 6.07) is 8.13. The number of nitrogens with zero attached hydrogens (tertiary/aromatic N) is 5. The van der Waals surface area contributed by atoms with E-state index in [9.17, 15) is 18.8 Å². The van der Waals surface area contributed by atoms with Crippen molar-refractivity contribution in [3.63, 3.8) is 0 Å². The second-order valence-electron chi connectivity index (χ2n) is 9.49. The van der Waals surface area contributed by atoms with Crippen LogP contribution in [0.4, 0.5) is 10.1 Å². The minimum absolute atomic E-state index is 0.184. The molecular formula is C26H25FN6O3. The van der Waals surface area contributed by atoms with Crippen molar-refractivity contribution < 1.29 is 18.8 Å². The van der Waals surface area contributed by atoms with Crippen LogP contribution in [0, 0.1) is 5.82 Å². The van der Waals surface area contributed by atoms with Crippen LogP contribution in [0.2, 0.25) is 0 Å². The monoisotopic (exact) mass is 488 g/mol. The van der Waals surface area contributed by atoms with Crippen LogP contribution in [0.15, 0.2) is 42.7 Å². The number of hydrogen-bond donors (Lipinski definition) is 1. The summed E-state index contributed by atoms with van der Waals surface area (Å²) in [4.78, 5) is 51.7. The molecule has 6 rings (SSSR count). The molecule has 1 atom stereocenters. The van der Waals surface area contributed by atoms with Crippen molar-refractivity contribution in [2.45, 2.75) is 32.0 Å². The Kier molecular flexibility index (Phi) is 5.60. The van der Waals surface area contributed by atoms with Gasteiger partial charge in [-0.1, -0.05) is 6.07 Å². The van der Waals surface area contributed by atoms with E-state index in [1.165, 1.54) is 17.0 Å². The third-order valence-corrected chi connectivity index (χ3v) is 7.25. The molecule has 0 radical (unpaired) electrons. The Labute approximate surface area is 206 Å². The number of piperidine rings is 1. The summed E-state index contributed by atoms with van der Waals surface area (Å²) in [5, 5.41) is 2.31. The molecule has 9 nitrogen and oxygen atoms in total. The SMILES string of the molecule is O=C1CCC(N2Cc3c(cc(F)cc3N3CCN(Cc4ccc5nccnc5c4)CC3)C2=O)C(=O)N1. The van der Waals surface area contributed by atoms with E-state index in [-0.39, 0.29) is 31.2 Å². The van der Waals surface area contributed by atoms with Gasteiger partial charge in [0, 0.05) is 74.9 Å². The highest BCUT2D eigenvalue weighted by Gasteiger charge is 2.41. The Morgan fingerprint density at radius 1 is 0.972 bits per heavy atom. The first-order chi connectivity index (χ1) is 17.5. The normalized spacial score (nSPS) is 20.7. The smallest absolute Gasteiger partial charge is 0.255 e. The van der Waals surface area contributed by atoms with Gasteiger partial charge in [-0.25, -0.2) is 4.39 Å². The summed E-state index contributed by atoms with van der Waals surface area (Å²) in [5.41, 5.74) is 4.64. The predicted octanol–water partition coefficient (Wildman–Crippen LogP) is 1.85. The molecule has 36 heavy (non-hydrogen) atoms. The zero-order valence-corrected chi connectivity index (χ0v) is 19.6. The standard InChI is InChI=1S/C26H25FN6O3/c27-17-12-18-19(15-33(26(18)36)22-3-4-24(34)30-25(22)35)23(13-17)32-9-7-31(8-10-32)14-16-1-2-20-21(11-16)29-6-5-28-20/h1-2,5-6,11-13,22H,3-4,7-10,14-15H2,(H,30,34,35). The minimum Gasteiger partial charge on any atom is -0.369 e. The number of imide groups is 1. The maximum atomic E-state index is 14.6. The first kappa shape index (κ1) is 22.5. The molecule has 2 aromatic carbocycles. The average Bonchev–Trinajstić information content (AvgIpc) is 3.20. The number of halogens is 1. The van der Waals surface area contributed by atoms with Crippen molar-refractivity contribution in [1.29, 1.82) is 0 Å².